The molecule has 5 heteroatoms. The number of primary amides is 1. The third-order valence-electron chi connectivity index (χ3n) is 3.02. The van der Waals surface area contributed by atoms with E-state index in [1.165, 1.54) is 12.1 Å². The quantitative estimate of drug-likeness (QED) is 0.772. The van der Waals surface area contributed by atoms with Gasteiger partial charge in [0.25, 0.3) is 0 Å². The summed E-state index contributed by atoms with van der Waals surface area (Å²) in [5.41, 5.74) is 6.72. The van der Waals surface area contributed by atoms with Gasteiger partial charge in [-0.1, -0.05) is 42.5 Å². The molecule has 0 spiro atoms. The summed E-state index contributed by atoms with van der Waals surface area (Å²) in [6.45, 7) is 0. The molecule has 108 valence electrons. The molecule has 0 saturated heterocycles. The van der Waals surface area contributed by atoms with Crippen molar-refractivity contribution in [2.24, 2.45) is 5.73 Å². The van der Waals surface area contributed by atoms with E-state index < -0.39 is 11.9 Å². The van der Waals surface area contributed by atoms with Gasteiger partial charge in [0.2, 0.25) is 11.8 Å². The molecule has 2 aromatic rings. The summed E-state index contributed by atoms with van der Waals surface area (Å²) in [5.74, 6) is -0.785. The van der Waals surface area contributed by atoms with Crippen molar-refractivity contribution in [3.05, 3.63) is 65.7 Å². The number of hydrogen-bond donors (Lipinski definition) is 3. The van der Waals surface area contributed by atoms with E-state index in [2.05, 4.69) is 5.32 Å². The van der Waals surface area contributed by atoms with E-state index in [-0.39, 0.29) is 18.1 Å². The number of rotatable bonds is 5. The second-order valence-electron chi connectivity index (χ2n) is 4.66. The number of hydrogen-bond acceptors (Lipinski definition) is 3. The third kappa shape index (κ3) is 4.07. The Hall–Kier alpha value is -2.82. The van der Waals surface area contributed by atoms with Crippen LogP contribution in [0.4, 0.5) is 0 Å². The van der Waals surface area contributed by atoms with Crippen LogP contribution in [0, 0.1) is 0 Å². The van der Waals surface area contributed by atoms with Crippen molar-refractivity contribution in [1.29, 1.82) is 0 Å². The molecule has 2 rings (SSSR count). The van der Waals surface area contributed by atoms with E-state index >= 15 is 0 Å². The predicted octanol–water partition coefficient (Wildman–Crippen LogP) is 1.28. The zero-order valence-corrected chi connectivity index (χ0v) is 11.3. The largest absolute Gasteiger partial charge is 0.508 e. The first-order valence-electron chi connectivity index (χ1n) is 6.48. The fourth-order valence-corrected chi connectivity index (χ4v) is 1.98. The zero-order valence-electron chi connectivity index (χ0n) is 11.3. The molecule has 4 N–H and O–H groups in total. The minimum absolute atomic E-state index is 0.108. The lowest BCUT2D eigenvalue weighted by Gasteiger charge is -2.15. The van der Waals surface area contributed by atoms with Crippen LogP contribution < -0.4 is 11.1 Å². The highest BCUT2D eigenvalue weighted by molar-refractivity contribution is 5.88. The molecule has 1 atom stereocenters. The van der Waals surface area contributed by atoms with Crippen LogP contribution in [0.3, 0.4) is 0 Å². The summed E-state index contributed by atoms with van der Waals surface area (Å²) in [5, 5.41) is 11.8. The molecule has 0 aliphatic carbocycles. The monoisotopic (exact) mass is 284 g/mol. The minimum atomic E-state index is -0.851. The fourth-order valence-electron chi connectivity index (χ4n) is 1.98. The fraction of sp³-hybridized carbons (Fsp3) is 0.125. The molecule has 0 aliphatic rings. The maximum atomic E-state index is 12.0. The van der Waals surface area contributed by atoms with Crippen molar-refractivity contribution in [2.75, 3.05) is 0 Å². The van der Waals surface area contributed by atoms with E-state index in [0.717, 1.165) is 5.56 Å². The van der Waals surface area contributed by atoms with Gasteiger partial charge in [-0.15, -0.1) is 0 Å². The zero-order chi connectivity index (χ0) is 15.2. The van der Waals surface area contributed by atoms with Crippen LogP contribution in [0.25, 0.3) is 0 Å². The van der Waals surface area contributed by atoms with Crippen LogP contribution in [0.15, 0.2) is 54.6 Å². The van der Waals surface area contributed by atoms with Gasteiger partial charge in [-0.25, -0.2) is 0 Å². The number of nitrogens with one attached hydrogen (secondary N) is 1. The van der Waals surface area contributed by atoms with Gasteiger partial charge in [-0.3, -0.25) is 9.59 Å². The number of benzene rings is 2. The van der Waals surface area contributed by atoms with Gasteiger partial charge in [0, 0.05) is 0 Å². The van der Waals surface area contributed by atoms with Crippen LogP contribution in [0.5, 0.6) is 5.75 Å². The normalized spacial score (nSPS) is 11.6. The molecule has 0 aromatic heterocycles. The Kier molecular flexibility index (Phi) is 4.56. The lowest BCUT2D eigenvalue weighted by Crippen LogP contribution is -2.38. The van der Waals surface area contributed by atoms with Crippen molar-refractivity contribution in [3.63, 3.8) is 0 Å². The SMILES string of the molecule is NC(=O)C(NC(=O)Cc1ccc(O)cc1)c1ccccc1. The van der Waals surface area contributed by atoms with Crippen molar-refractivity contribution in [1.82, 2.24) is 5.32 Å². The van der Waals surface area contributed by atoms with Crippen molar-refractivity contribution < 1.29 is 14.7 Å². The average molecular weight is 284 g/mol. The molecule has 0 saturated carbocycles. The lowest BCUT2D eigenvalue weighted by molar-refractivity contribution is -0.127. The third-order valence-corrected chi connectivity index (χ3v) is 3.02. The summed E-state index contributed by atoms with van der Waals surface area (Å²) >= 11 is 0. The van der Waals surface area contributed by atoms with E-state index in [1.54, 1.807) is 36.4 Å². The highest BCUT2D eigenvalue weighted by atomic mass is 16.3. The smallest absolute Gasteiger partial charge is 0.244 e. The van der Waals surface area contributed by atoms with E-state index in [9.17, 15) is 14.7 Å². The summed E-state index contributed by atoms with van der Waals surface area (Å²) < 4.78 is 0. The molecule has 0 heterocycles. The summed E-state index contributed by atoms with van der Waals surface area (Å²) in [7, 11) is 0. The first kappa shape index (κ1) is 14.6. The Labute approximate surface area is 122 Å². The van der Waals surface area contributed by atoms with Gasteiger partial charge in [-0.05, 0) is 23.3 Å². The Balaban J connectivity index is 2.05. The van der Waals surface area contributed by atoms with Crippen molar-refractivity contribution >= 4 is 11.8 Å². The molecule has 0 bridgehead atoms. The number of phenols is 1. The van der Waals surface area contributed by atoms with Gasteiger partial charge in [-0.2, -0.15) is 0 Å². The maximum Gasteiger partial charge on any atom is 0.244 e. The van der Waals surface area contributed by atoms with Gasteiger partial charge >= 0.3 is 0 Å². The number of aromatic hydroxyl groups is 1. The molecule has 0 fully saturated rings. The summed E-state index contributed by atoms with van der Waals surface area (Å²) in [6, 6.07) is 14.3. The molecular formula is C16H16N2O3. The standard InChI is InChI=1S/C16H16N2O3/c17-16(21)15(12-4-2-1-3-5-12)18-14(20)10-11-6-8-13(19)9-7-11/h1-9,15,19H,10H2,(H2,17,21)(H,18,20). The van der Waals surface area contributed by atoms with Crippen LogP contribution in [-0.4, -0.2) is 16.9 Å². The highest BCUT2D eigenvalue weighted by Gasteiger charge is 2.19. The molecule has 2 aromatic carbocycles. The van der Waals surface area contributed by atoms with E-state index in [1.807, 2.05) is 6.07 Å². The van der Waals surface area contributed by atoms with Gasteiger partial charge in [0.1, 0.15) is 11.8 Å². The second-order valence-corrected chi connectivity index (χ2v) is 4.66. The molecule has 0 aliphatic heterocycles. The van der Waals surface area contributed by atoms with Crippen LogP contribution in [-0.2, 0) is 16.0 Å². The topological polar surface area (TPSA) is 92.4 Å². The summed E-state index contributed by atoms with van der Waals surface area (Å²) in [6.07, 6.45) is 0.108. The van der Waals surface area contributed by atoms with Crippen molar-refractivity contribution in [3.8, 4) is 5.75 Å². The number of amides is 2. The molecule has 1 unspecified atom stereocenters. The number of carbonyl (C=O) groups excluding carboxylic acids is 2. The van der Waals surface area contributed by atoms with Crippen LogP contribution in [0.2, 0.25) is 0 Å². The lowest BCUT2D eigenvalue weighted by atomic mass is 10.1. The predicted molar refractivity (Wildman–Crippen MR) is 78.3 cm³/mol. The number of nitrogens with two attached hydrogens (primary N) is 1. The summed E-state index contributed by atoms with van der Waals surface area (Å²) in [4.78, 5) is 23.5. The van der Waals surface area contributed by atoms with Gasteiger partial charge in [0.05, 0.1) is 6.42 Å². The Bertz CT molecular complexity index is 624. The van der Waals surface area contributed by atoms with E-state index in [4.69, 9.17) is 5.73 Å². The number of carbonyl (C=O) groups is 2. The molecule has 5 nitrogen and oxygen atoms in total. The maximum absolute atomic E-state index is 12.0. The minimum Gasteiger partial charge on any atom is -0.508 e. The van der Waals surface area contributed by atoms with E-state index in [0.29, 0.717) is 5.56 Å². The Morgan fingerprint density at radius 2 is 1.67 bits per heavy atom. The van der Waals surface area contributed by atoms with Gasteiger partial charge < -0.3 is 16.2 Å². The number of phenolic OH excluding ortho intramolecular Hbond substituents is 1. The van der Waals surface area contributed by atoms with Crippen LogP contribution in [0.1, 0.15) is 17.2 Å². The average Bonchev–Trinajstić information content (AvgIpc) is 2.48. The van der Waals surface area contributed by atoms with Gasteiger partial charge in [0.15, 0.2) is 0 Å². The first-order chi connectivity index (χ1) is 10.1. The Morgan fingerprint density at radius 1 is 1.05 bits per heavy atom. The molecule has 0 radical (unpaired) electrons. The molecular weight excluding hydrogens is 268 g/mol. The first-order valence-corrected chi connectivity index (χ1v) is 6.48. The van der Waals surface area contributed by atoms with Crippen LogP contribution >= 0.6 is 0 Å². The molecule has 21 heavy (non-hydrogen) atoms. The Morgan fingerprint density at radius 3 is 2.24 bits per heavy atom. The molecule has 2 amide bonds. The second kappa shape index (κ2) is 6.56. The van der Waals surface area contributed by atoms with Crippen molar-refractivity contribution in [2.45, 2.75) is 12.5 Å². The highest BCUT2D eigenvalue weighted by Crippen LogP contribution is 2.13.